The highest BCUT2D eigenvalue weighted by Crippen LogP contribution is 2.42. The molecule has 0 saturated carbocycles. The molecule has 0 radical (unpaired) electrons. The number of rotatable bonds is 3. The van der Waals surface area contributed by atoms with Gasteiger partial charge in [-0.3, -0.25) is 9.97 Å². The average molecular weight is 611 g/mol. The summed E-state index contributed by atoms with van der Waals surface area (Å²) in [5.41, 5.74) is 11.2. The maximum atomic E-state index is 4.72. The van der Waals surface area contributed by atoms with Gasteiger partial charge in [0.1, 0.15) is 0 Å². The molecule has 222 valence electrons. The predicted octanol–water partition coefficient (Wildman–Crippen LogP) is 11.2. The first kappa shape index (κ1) is 25.6. The van der Waals surface area contributed by atoms with Crippen LogP contribution < -0.4 is 0 Å². The lowest BCUT2D eigenvalue weighted by Gasteiger charge is -2.13. The summed E-state index contributed by atoms with van der Waals surface area (Å²) in [5.74, 6) is 0. The van der Waals surface area contributed by atoms with Crippen LogP contribution in [-0.4, -0.2) is 18.9 Å². The van der Waals surface area contributed by atoms with Crippen molar-refractivity contribution in [3.05, 3.63) is 158 Å². The van der Waals surface area contributed by atoms with Crippen LogP contribution in [0.2, 0.25) is 0 Å². The van der Waals surface area contributed by atoms with E-state index < -0.39 is 0 Å². The van der Waals surface area contributed by atoms with E-state index in [1.165, 1.54) is 70.7 Å². The first-order valence-electron chi connectivity index (χ1n) is 16.3. The van der Waals surface area contributed by atoms with Crippen LogP contribution in [0, 0.1) is 0 Å². The van der Waals surface area contributed by atoms with Gasteiger partial charge in [0.25, 0.3) is 0 Å². The van der Waals surface area contributed by atoms with Crippen molar-refractivity contribution in [2.75, 3.05) is 0 Å². The standard InChI is InChI=1S/C44H26N4/c1-4-17-41-32(10-1)34-12-9-13-35-37-24-27-23-36-33-11-2-3-16-40(33)47(42(36)25-28(27)26-43(37)48(41)44(34)35)31-21-29(38-14-5-7-18-45-38)20-30(22-31)39-15-6-8-19-46-39/h1-26H. The second-order valence-corrected chi connectivity index (χ2v) is 12.7. The molecule has 6 aromatic carbocycles. The Morgan fingerprint density at radius 1 is 0.375 bits per heavy atom. The molecule has 0 aliphatic carbocycles. The monoisotopic (exact) mass is 610 g/mol. The van der Waals surface area contributed by atoms with Crippen LogP contribution in [0.15, 0.2) is 158 Å². The second kappa shape index (κ2) is 9.50. The zero-order chi connectivity index (χ0) is 31.3. The summed E-state index contributed by atoms with van der Waals surface area (Å²) in [6.07, 6.45) is 3.71. The van der Waals surface area contributed by atoms with Gasteiger partial charge < -0.3 is 8.97 Å². The number of nitrogens with zero attached hydrogens (tertiary/aromatic N) is 4. The van der Waals surface area contributed by atoms with Crippen LogP contribution in [-0.2, 0) is 0 Å². The Hall–Kier alpha value is -6.52. The van der Waals surface area contributed by atoms with Gasteiger partial charge in [0.05, 0.1) is 39.0 Å². The van der Waals surface area contributed by atoms with E-state index in [-0.39, 0.29) is 0 Å². The van der Waals surface area contributed by atoms with Crippen LogP contribution in [0.1, 0.15) is 0 Å². The third-order valence-electron chi connectivity index (χ3n) is 10.1. The smallest absolute Gasteiger partial charge is 0.0702 e. The first-order valence-corrected chi connectivity index (χ1v) is 16.3. The van der Waals surface area contributed by atoms with Crippen LogP contribution in [0.4, 0.5) is 0 Å². The molecule has 0 aliphatic rings. The van der Waals surface area contributed by atoms with Crippen LogP contribution in [0.25, 0.3) is 98.9 Å². The summed E-state index contributed by atoms with van der Waals surface area (Å²) in [6.45, 7) is 0. The van der Waals surface area contributed by atoms with Gasteiger partial charge in [-0.15, -0.1) is 0 Å². The predicted molar refractivity (Wildman–Crippen MR) is 199 cm³/mol. The molecule has 0 aliphatic heterocycles. The van der Waals surface area contributed by atoms with E-state index in [1.54, 1.807) is 0 Å². The number of hydrogen-bond acceptors (Lipinski definition) is 2. The summed E-state index contributed by atoms with van der Waals surface area (Å²) in [6, 6.07) is 52.6. The van der Waals surface area contributed by atoms with Crippen molar-refractivity contribution < 1.29 is 0 Å². The molecule has 0 fully saturated rings. The lowest BCUT2D eigenvalue weighted by Crippen LogP contribution is -1.97. The third kappa shape index (κ3) is 3.49. The van der Waals surface area contributed by atoms with Gasteiger partial charge >= 0.3 is 0 Å². The van der Waals surface area contributed by atoms with Gasteiger partial charge in [-0.05, 0) is 89.6 Å². The molecule has 0 N–H and O–H groups in total. The fraction of sp³-hybridized carbons (Fsp3) is 0. The molecule has 0 saturated heterocycles. The van der Waals surface area contributed by atoms with Crippen LogP contribution in [0.3, 0.4) is 0 Å². The minimum atomic E-state index is 0.933. The lowest BCUT2D eigenvalue weighted by atomic mass is 10.0. The number of aromatic nitrogens is 4. The number of fused-ring (bicyclic) bond motifs is 10. The second-order valence-electron chi connectivity index (χ2n) is 12.7. The molecule has 0 unspecified atom stereocenters. The fourth-order valence-electron chi connectivity index (χ4n) is 8.02. The molecule has 5 aromatic heterocycles. The number of pyridine rings is 2. The Kier molecular flexibility index (Phi) is 5.08. The Morgan fingerprint density at radius 2 is 0.917 bits per heavy atom. The van der Waals surface area contributed by atoms with Gasteiger partial charge in [0, 0.05) is 61.5 Å². The fourth-order valence-corrected chi connectivity index (χ4v) is 8.02. The van der Waals surface area contributed by atoms with Crippen molar-refractivity contribution in [2.45, 2.75) is 0 Å². The number of benzene rings is 6. The van der Waals surface area contributed by atoms with Crippen molar-refractivity contribution in [3.8, 4) is 28.2 Å². The zero-order valence-electron chi connectivity index (χ0n) is 25.8. The van der Waals surface area contributed by atoms with E-state index in [1.807, 2.05) is 36.7 Å². The molecule has 11 aromatic rings. The largest absolute Gasteiger partial charge is 0.309 e. The molecule has 4 nitrogen and oxygen atoms in total. The van der Waals surface area contributed by atoms with Gasteiger partial charge in [-0.1, -0.05) is 66.7 Å². The van der Waals surface area contributed by atoms with Gasteiger partial charge in [-0.2, -0.15) is 0 Å². The Labute approximate surface area is 275 Å². The van der Waals surface area contributed by atoms with E-state index in [9.17, 15) is 0 Å². The molecular weight excluding hydrogens is 585 g/mol. The summed E-state index contributed by atoms with van der Waals surface area (Å²) in [4.78, 5) is 9.45. The highest BCUT2D eigenvalue weighted by molar-refractivity contribution is 6.25. The highest BCUT2D eigenvalue weighted by Gasteiger charge is 2.20. The van der Waals surface area contributed by atoms with Crippen molar-refractivity contribution >= 4 is 70.7 Å². The molecule has 4 heteroatoms. The minimum absolute atomic E-state index is 0.933. The lowest BCUT2D eigenvalue weighted by molar-refractivity contribution is 1.18. The van der Waals surface area contributed by atoms with Crippen molar-refractivity contribution in [2.24, 2.45) is 0 Å². The molecule has 11 rings (SSSR count). The molecule has 0 bridgehead atoms. The maximum Gasteiger partial charge on any atom is 0.0702 e. The van der Waals surface area contributed by atoms with Crippen LogP contribution >= 0.6 is 0 Å². The summed E-state index contributed by atoms with van der Waals surface area (Å²) >= 11 is 0. The van der Waals surface area contributed by atoms with Crippen LogP contribution in [0.5, 0.6) is 0 Å². The third-order valence-corrected chi connectivity index (χ3v) is 10.1. The van der Waals surface area contributed by atoms with Crippen molar-refractivity contribution in [3.63, 3.8) is 0 Å². The van der Waals surface area contributed by atoms with E-state index >= 15 is 0 Å². The molecular formula is C44H26N4. The van der Waals surface area contributed by atoms with E-state index in [2.05, 4.69) is 130 Å². The molecule has 0 atom stereocenters. The average Bonchev–Trinajstić information content (AvgIpc) is 3.78. The quantitative estimate of drug-likeness (QED) is 0.199. The van der Waals surface area contributed by atoms with E-state index in [0.29, 0.717) is 0 Å². The Balaban J connectivity index is 1.24. The molecule has 0 amide bonds. The molecule has 0 spiro atoms. The SMILES string of the molecule is c1ccc(-c2cc(-c3ccccn3)cc(-n3c4ccccc4c4cc5cc6c7cccc8c9ccccc9n(c6cc5cc43)c87)c2)nc1. The maximum absolute atomic E-state index is 4.72. The van der Waals surface area contributed by atoms with Gasteiger partial charge in [0.15, 0.2) is 0 Å². The van der Waals surface area contributed by atoms with E-state index in [0.717, 1.165) is 28.2 Å². The highest BCUT2D eigenvalue weighted by atomic mass is 15.0. The summed E-state index contributed by atoms with van der Waals surface area (Å²) in [7, 11) is 0. The van der Waals surface area contributed by atoms with Gasteiger partial charge in [0.2, 0.25) is 0 Å². The number of hydrogen-bond donors (Lipinski definition) is 0. The van der Waals surface area contributed by atoms with Crippen molar-refractivity contribution in [1.82, 2.24) is 18.9 Å². The van der Waals surface area contributed by atoms with E-state index in [4.69, 9.17) is 9.97 Å². The Bertz CT molecular complexity index is 2990. The van der Waals surface area contributed by atoms with Crippen molar-refractivity contribution in [1.29, 1.82) is 0 Å². The molecule has 48 heavy (non-hydrogen) atoms. The summed E-state index contributed by atoms with van der Waals surface area (Å²) < 4.78 is 4.87. The minimum Gasteiger partial charge on any atom is -0.309 e. The number of para-hydroxylation sites is 3. The topological polar surface area (TPSA) is 35.1 Å². The normalized spacial score (nSPS) is 12.2. The Morgan fingerprint density at radius 3 is 1.60 bits per heavy atom. The first-order chi connectivity index (χ1) is 23.8. The summed E-state index contributed by atoms with van der Waals surface area (Å²) in [5, 5.41) is 10.1. The molecule has 5 heterocycles. The zero-order valence-corrected chi connectivity index (χ0v) is 25.8. The van der Waals surface area contributed by atoms with Gasteiger partial charge in [-0.25, -0.2) is 0 Å².